The molecule has 0 bridgehead atoms. The number of alkyl halides is 1. The maximum atomic E-state index is 3.74. The van der Waals surface area contributed by atoms with Gasteiger partial charge in [0.1, 0.15) is 0 Å². The van der Waals surface area contributed by atoms with E-state index in [1.54, 1.807) is 11.1 Å². The van der Waals surface area contributed by atoms with E-state index in [0.29, 0.717) is 11.3 Å². The minimum atomic E-state index is 0.370. The van der Waals surface area contributed by atoms with Gasteiger partial charge < -0.3 is 0 Å². The van der Waals surface area contributed by atoms with Gasteiger partial charge in [0.15, 0.2) is 0 Å². The Morgan fingerprint density at radius 3 is 2.73 bits per heavy atom. The average molecular weight is 267 g/mol. The van der Waals surface area contributed by atoms with Crippen molar-refractivity contribution >= 4 is 15.9 Å². The summed E-state index contributed by atoms with van der Waals surface area (Å²) in [5, 5.41) is 1.09. The maximum Gasteiger partial charge on any atom is 0.0131 e. The fraction of sp³-hybridized carbons (Fsp3) is 0.571. The fourth-order valence-corrected chi connectivity index (χ4v) is 4.08. The Morgan fingerprint density at radius 1 is 1.33 bits per heavy atom. The van der Waals surface area contributed by atoms with Crippen molar-refractivity contribution in [3.8, 4) is 0 Å². The zero-order valence-electron chi connectivity index (χ0n) is 9.59. The first-order valence-corrected chi connectivity index (χ1v) is 6.97. The van der Waals surface area contributed by atoms with Crippen LogP contribution < -0.4 is 0 Å². The number of rotatable bonds is 2. The number of fused-ring (bicyclic) bond motifs is 1. The van der Waals surface area contributed by atoms with Crippen LogP contribution in [0.3, 0.4) is 0 Å². The number of hydrogen-bond acceptors (Lipinski definition) is 0. The molecule has 1 aromatic rings. The van der Waals surface area contributed by atoms with Gasteiger partial charge in [-0.05, 0) is 36.3 Å². The van der Waals surface area contributed by atoms with Crippen molar-refractivity contribution in [1.82, 2.24) is 0 Å². The molecule has 1 aliphatic carbocycles. The summed E-state index contributed by atoms with van der Waals surface area (Å²) in [4.78, 5) is 0. The first-order chi connectivity index (χ1) is 7.20. The largest absolute Gasteiger partial charge is 0.0918 e. The summed E-state index contributed by atoms with van der Waals surface area (Å²) in [6, 6.07) is 8.98. The second-order valence-electron chi connectivity index (χ2n) is 4.96. The summed E-state index contributed by atoms with van der Waals surface area (Å²) < 4.78 is 0. The second-order valence-corrected chi connectivity index (χ2v) is 5.52. The van der Waals surface area contributed by atoms with E-state index in [0.717, 1.165) is 5.33 Å². The molecule has 0 aliphatic heterocycles. The minimum absolute atomic E-state index is 0.370. The monoisotopic (exact) mass is 266 g/mol. The van der Waals surface area contributed by atoms with E-state index in [1.807, 2.05) is 0 Å². The van der Waals surface area contributed by atoms with Gasteiger partial charge in [-0.25, -0.2) is 0 Å². The topological polar surface area (TPSA) is 0 Å². The molecule has 0 spiro atoms. The molecule has 1 aliphatic rings. The number of hydrogen-bond donors (Lipinski definition) is 0. The molecule has 2 rings (SSSR count). The predicted octanol–water partition coefficient (Wildman–Crippen LogP) is 4.31. The summed E-state index contributed by atoms with van der Waals surface area (Å²) in [5.41, 5.74) is 3.52. The summed E-state index contributed by atoms with van der Waals surface area (Å²) in [7, 11) is 0. The molecule has 82 valence electrons. The molecule has 1 heteroatoms. The molecule has 0 fully saturated rings. The molecule has 0 aromatic heterocycles. The summed E-state index contributed by atoms with van der Waals surface area (Å²) in [6.07, 6.45) is 3.92. The maximum absolute atomic E-state index is 3.74. The van der Waals surface area contributed by atoms with Gasteiger partial charge >= 0.3 is 0 Å². The summed E-state index contributed by atoms with van der Waals surface area (Å²) in [6.45, 7) is 4.70. The van der Waals surface area contributed by atoms with Gasteiger partial charge in [-0.1, -0.05) is 54.0 Å². The molecular formula is C14H19Br. The summed E-state index contributed by atoms with van der Waals surface area (Å²) >= 11 is 3.74. The summed E-state index contributed by atoms with van der Waals surface area (Å²) in [5.74, 6) is 0.707. The molecule has 0 saturated heterocycles. The lowest BCUT2D eigenvalue weighted by Crippen LogP contribution is -2.37. The zero-order chi connectivity index (χ0) is 10.9. The second kappa shape index (κ2) is 4.29. The van der Waals surface area contributed by atoms with Crippen LogP contribution in [-0.2, 0) is 11.8 Å². The van der Waals surface area contributed by atoms with E-state index in [1.165, 1.54) is 19.3 Å². The Labute approximate surface area is 101 Å². The highest BCUT2D eigenvalue weighted by atomic mass is 79.9. The molecule has 0 heterocycles. The van der Waals surface area contributed by atoms with Gasteiger partial charge in [0.05, 0.1) is 0 Å². The third kappa shape index (κ3) is 1.75. The zero-order valence-corrected chi connectivity index (χ0v) is 11.2. The van der Waals surface area contributed by atoms with Gasteiger partial charge in [-0.15, -0.1) is 0 Å². The Hall–Kier alpha value is -0.300. The molecule has 0 radical (unpaired) electrons. The highest BCUT2D eigenvalue weighted by Crippen LogP contribution is 2.43. The molecule has 1 atom stereocenters. The number of aryl methyl sites for hydroxylation is 1. The molecule has 0 N–H and O–H groups in total. The van der Waals surface area contributed by atoms with Crippen molar-refractivity contribution in [2.75, 3.05) is 5.33 Å². The lowest BCUT2D eigenvalue weighted by molar-refractivity contribution is 0.299. The molecule has 1 aromatic carbocycles. The van der Waals surface area contributed by atoms with Gasteiger partial charge in [0.25, 0.3) is 0 Å². The average Bonchev–Trinajstić information content (AvgIpc) is 2.28. The van der Waals surface area contributed by atoms with E-state index < -0.39 is 0 Å². The van der Waals surface area contributed by atoms with Crippen LogP contribution in [0.2, 0.25) is 0 Å². The smallest absolute Gasteiger partial charge is 0.0131 e. The van der Waals surface area contributed by atoms with E-state index >= 15 is 0 Å². The van der Waals surface area contributed by atoms with E-state index in [9.17, 15) is 0 Å². The fourth-order valence-electron chi connectivity index (χ4n) is 2.85. The normalized spacial score (nSPS) is 25.3. The van der Waals surface area contributed by atoms with Crippen molar-refractivity contribution in [3.63, 3.8) is 0 Å². The van der Waals surface area contributed by atoms with Crippen LogP contribution in [0.25, 0.3) is 0 Å². The van der Waals surface area contributed by atoms with Gasteiger partial charge in [-0.3, -0.25) is 0 Å². The molecule has 0 saturated carbocycles. The number of halogens is 1. The van der Waals surface area contributed by atoms with Crippen molar-refractivity contribution in [2.24, 2.45) is 5.92 Å². The van der Waals surface area contributed by atoms with Crippen molar-refractivity contribution in [1.29, 1.82) is 0 Å². The lowest BCUT2D eigenvalue weighted by Gasteiger charge is -2.41. The Bertz CT molecular complexity index is 343. The van der Waals surface area contributed by atoms with Crippen LogP contribution >= 0.6 is 15.9 Å². The van der Waals surface area contributed by atoms with E-state index in [2.05, 4.69) is 54.0 Å². The Balaban J connectivity index is 2.52. The molecular weight excluding hydrogens is 248 g/mol. The van der Waals surface area contributed by atoms with Crippen LogP contribution in [0.1, 0.15) is 37.8 Å². The van der Waals surface area contributed by atoms with Crippen molar-refractivity contribution < 1.29 is 0 Å². The number of benzene rings is 1. The Kier molecular flexibility index (Phi) is 3.20. The molecule has 15 heavy (non-hydrogen) atoms. The predicted molar refractivity (Wildman–Crippen MR) is 69.7 cm³/mol. The van der Waals surface area contributed by atoms with Crippen molar-refractivity contribution in [2.45, 2.75) is 38.5 Å². The van der Waals surface area contributed by atoms with Gasteiger partial charge in [0.2, 0.25) is 0 Å². The van der Waals surface area contributed by atoms with Crippen LogP contribution in [0, 0.1) is 5.92 Å². The lowest BCUT2D eigenvalue weighted by atomic mass is 9.65. The van der Waals surface area contributed by atoms with Crippen molar-refractivity contribution in [3.05, 3.63) is 35.4 Å². The van der Waals surface area contributed by atoms with E-state index in [-0.39, 0.29) is 0 Å². The first kappa shape index (κ1) is 11.2. The van der Waals surface area contributed by atoms with Crippen LogP contribution in [0.5, 0.6) is 0 Å². The van der Waals surface area contributed by atoms with Crippen LogP contribution in [0.4, 0.5) is 0 Å². The molecule has 1 unspecified atom stereocenters. The highest BCUT2D eigenvalue weighted by molar-refractivity contribution is 9.09. The third-order valence-corrected chi connectivity index (χ3v) is 4.97. The highest BCUT2D eigenvalue weighted by Gasteiger charge is 2.37. The molecule has 0 amide bonds. The van der Waals surface area contributed by atoms with E-state index in [4.69, 9.17) is 0 Å². The quantitative estimate of drug-likeness (QED) is 0.700. The third-order valence-electron chi connectivity index (χ3n) is 3.97. The van der Waals surface area contributed by atoms with Gasteiger partial charge in [0, 0.05) is 10.7 Å². The van der Waals surface area contributed by atoms with Crippen LogP contribution in [-0.4, -0.2) is 5.33 Å². The Morgan fingerprint density at radius 2 is 2.07 bits per heavy atom. The van der Waals surface area contributed by atoms with Crippen LogP contribution in [0.15, 0.2) is 24.3 Å². The minimum Gasteiger partial charge on any atom is -0.0918 e. The first-order valence-electron chi connectivity index (χ1n) is 5.85. The standard InChI is InChI=1S/C14H19Br/c1-11(2)14(10-15)9-5-7-12-6-3-4-8-13(12)14/h3-4,6,8,11H,5,7,9-10H2,1-2H3. The van der Waals surface area contributed by atoms with Gasteiger partial charge in [-0.2, -0.15) is 0 Å². The SMILES string of the molecule is CC(C)C1(CBr)CCCc2ccccc21. The molecule has 0 nitrogen and oxygen atoms in total.